The van der Waals surface area contributed by atoms with Crippen LogP contribution in [0.1, 0.15) is 24.0 Å². The molecule has 0 spiro atoms. The topological polar surface area (TPSA) is 76.0 Å². The van der Waals surface area contributed by atoms with Gasteiger partial charge in [0.15, 0.2) is 52.1 Å². The van der Waals surface area contributed by atoms with Gasteiger partial charge >= 0.3 is 0 Å². The summed E-state index contributed by atoms with van der Waals surface area (Å²) >= 11 is 0. The standard InChI is InChI=1S/C21H16F4O5/c1-29-20-15(24)11(7-13(22)18(20)27)5-9-3-4-10(17(9)26)6-12-8-14(23)19(28)21(30-2)16(12)25/h5-8,27-28H,3-4H2,1-2H3/b9-5+,10-6+. The minimum atomic E-state index is -1.13. The predicted octanol–water partition coefficient (Wildman–Crippen LogP) is 4.50. The number of hydrogen-bond donors (Lipinski definition) is 2. The van der Waals surface area contributed by atoms with Crippen molar-refractivity contribution in [3.8, 4) is 23.0 Å². The molecular formula is C21H16F4O5. The first kappa shape index (κ1) is 21.2. The highest BCUT2D eigenvalue weighted by molar-refractivity contribution is 6.15. The van der Waals surface area contributed by atoms with E-state index in [1.807, 2.05) is 0 Å². The molecular weight excluding hydrogens is 408 g/mol. The van der Waals surface area contributed by atoms with Crippen LogP contribution in [-0.2, 0) is 4.79 Å². The third kappa shape index (κ3) is 3.58. The normalized spacial score (nSPS) is 16.5. The number of hydrogen-bond acceptors (Lipinski definition) is 5. The van der Waals surface area contributed by atoms with Gasteiger partial charge in [0.25, 0.3) is 0 Å². The van der Waals surface area contributed by atoms with Crippen LogP contribution in [0.3, 0.4) is 0 Å². The summed E-state index contributed by atoms with van der Waals surface area (Å²) in [7, 11) is 2.10. The summed E-state index contributed by atoms with van der Waals surface area (Å²) in [5.74, 6) is -8.30. The molecule has 30 heavy (non-hydrogen) atoms. The lowest BCUT2D eigenvalue weighted by Gasteiger charge is -2.09. The second-order valence-electron chi connectivity index (χ2n) is 6.46. The van der Waals surface area contributed by atoms with E-state index in [0.29, 0.717) is 0 Å². The molecule has 5 nitrogen and oxygen atoms in total. The number of ether oxygens (including phenoxy) is 2. The van der Waals surface area contributed by atoms with Gasteiger partial charge < -0.3 is 19.7 Å². The third-order valence-corrected chi connectivity index (χ3v) is 4.67. The van der Waals surface area contributed by atoms with Crippen LogP contribution in [0.5, 0.6) is 23.0 Å². The van der Waals surface area contributed by atoms with Crippen LogP contribution < -0.4 is 9.47 Å². The zero-order valence-electron chi connectivity index (χ0n) is 15.9. The minimum Gasteiger partial charge on any atom is -0.502 e. The number of methoxy groups -OCH3 is 2. The van der Waals surface area contributed by atoms with Gasteiger partial charge in [-0.15, -0.1) is 0 Å². The van der Waals surface area contributed by atoms with Gasteiger partial charge in [0.1, 0.15) is 0 Å². The van der Waals surface area contributed by atoms with Gasteiger partial charge in [-0.3, -0.25) is 4.79 Å². The molecule has 0 amide bonds. The Bertz CT molecular complexity index is 1020. The zero-order valence-corrected chi connectivity index (χ0v) is 15.9. The molecule has 0 saturated heterocycles. The van der Waals surface area contributed by atoms with E-state index in [0.717, 1.165) is 38.5 Å². The molecule has 1 aliphatic carbocycles. The summed E-state index contributed by atoms with van der Waals surface area (Å²) in [6.45, 7) is 0. The molecule has 1 aliphatic rings. The molecule has 0 radical (unpaired) electrons. The van der Waals surface area contributed by atoms with Crippen LogP contribution in [0.25, 0.3) is 12.2 Å². The second kappa shape index (κ2) is 8.10. The number of rotatable bonds is 4. The van der Waals surface area contributed by atoms with Crippen LogP contribution >= 0.6 is 0 Å². The van der Waals surface area contributed by atoms with Crippen LogP contribution in [0.15, 0.2) is 23.3 Å². The Morgan fingerprint density at radius 1 is 0.800 bits per heavy atom. The van der Waals surface area contributed by atoms with E-state index < -0.39 is 52.1 Å². The molecule has 0 bridgehead atoms. The van der Waals surface area contributed by atoms with Crippen LogP contribution in [-0.4, -0.2) is 30.2 Å². The number of benzene rings is 2. The summed E-state index contributed by atoms with van der Waals surface area (Å²) < 4.78 is 65.7. The fraction of sp³-hybridized carbons (Fsp3) is 0.190. The highest BCUT2D eigenvalue weighted by Crippen LogP contribution is 2.38. The Labute approximate surface area is 168 Å². The Kier molecular flexibility index (Phi) is 5.73. The number of phenolic OH excluding ortho intramolecular Hbond substituents is 2. The number of carbonyl (C=O) groups excluding carboxylic acids is 1. The fourth-order valence-electron chi connectivity index (χ4n) is 3.16. The minimum absolute atomic E-state index is 0.110. The first-order valence-corrected chi connectivity index (χ1v) is 8.65. The largest absolute Gasteiger partial charge is 0.502 e. The second-order valence-corrected chi connectivity index (χ2v) is 6.46. The molecule has 2 aromatic rings. The number of aromatic hydroxyl groups is 2. The molecule has 0 aromatic heterocycles. The van der Waals surface area contributed by atoms with Crippen molar-refractivity contribution in [2.24, 2.45) is 0 Å². The summed E-state index contributed by atoms with van der Waals surface area (Å²) in [5, 5.41) is 19.0. The number of halogens is 4. The average Bonchev–Trinajstić information content (AvgIpc) is 3.04. The van der Waals surface area contributed by atoms with Crippen molar-refractivity contribution in [3.05, 3.63) is 57.7 Å². The molecule has 2 aromatic carbocycles. The van der Waals surface area contributed by atoms with E-state index in [4.69, 9.17) is 0 Å². The van der Waals surface area contributed by atoms with Crippen molar-refractivity contribution < 1.29 is 42.0 Å². The molecule has 1 saturated carbocycles. The maximum atomic E-state index is 14.4. The van der Waals surface area contributed by atoms with Crippen molar-refractivity contribution in [3.63, 3.8) is 0 Å². The van der Waals surface area contributed by atoms with Gasteiger partial charge in [0.2, 0.25) is 0 Å². The Balaban J connectivity index is 2.00. The maximum Gasteiger partial charge on any atom is 0.200 e. The molecule has 1 fully saturated rings. The lowest BCUT2D eigenvalue weighted by atomic mass is 10.0. The third-order valence-electron chi connectivity index (χ3n) is 4.67. The molecule has 9 heteroatoms. The lowest BCUT2D eigenvalue weighted by Crippen LogP contribution is -1.99. The van der Waals surface area contributed by atoms with E-state index >= 15 is 0 Å². The van der Waals surface area contributed by atoms with Crippen molar-refractivity contribution in [2.45, 2.75) is 12.8 Å². The highest BCUT2D eigenvalue weighted by atomic mass is 19.1. The van der Waals surface area contributed by atoms with Gasteiger partial charge in [-0.1, -0.05) is 0 Å². The van der Waals surface area contributed by atoms with E-state index in [1.165, 1.54) is 0 Å². The smallest absolute Gasteiger partial charge is 0.200 e. The summed E-state index contributed by atoms with van der Waals surface area (Å²) in [6, 6.07) is 1.43. The van der Waals surface area contributed by atoms with Gasteiger partial charge in [-0.05, 0) is 37.1 Å². The quantitative estimate of drug-likeness (QED) is 0.558. The lowest BCUT2D eigenvalue weighted by molar-refractivity contribution is -0.111. The van der Waals surface area contributed by atoms with Crippen LogP contribution in [0.2, 0.25) is 0 Å². The summed E-state index contributed by atoms with van der Waals surface area (Å²) in [6.07, 6.45) is 2.51. The van der Waals surface area contributed by atoms with Gasteiger partial charge in [0, 0.05) is 22.3 Å². The number of phenols is 2. The molecule has 0 heterocycles. The van der Waals surface area contributed by atoms with E-state index in [-0.39, 0.29) is 35.1 Å². The Morgan fingerprint density at radius 2 is 1.17 bits per heavy atom. The Morgan fingerprint density at radius 3 is 1.50 bits per heavy atom. The predicted molar refractivity (Wildman–Crippen MR) is 99.3 cm³/mol. The number of Topliss-reactive ketones (excluding diaryl/α,β-unsaturated/α-hetero) is 1. The van der Waals surface area contributed by atoms with Gasteiger partial charge in [0.05, 0.1) is 14.2 Å². The van der Waals surface area contributed by atoms with Crippen molar-refractivity contribution >= 4 is 17.9 Å². The molecule has 3 rings (SSSR count). The molecule has 0 unspecified atom stereocenters. The van der Waals surface area contributed by atoms with E-state index in [2.05, 4.69) is 9.47 Å². The van der Waals surface area contributed by atoms with Crippen molar-refractivity contribution in [2.75, 3.05) is 14.2 Å². The highest BCUT2D eigenvalue weighted by Gasteiger charge is 2.26. The molecule has 0 aliphatic heterocycles. The molecule has 0 atom stereocenters. The average molecular weight is 424 g/mol. The zero-order chi connectivity index (χ0) is 22.2. The van der Waals surface area contributed by atoms with E-state index in [9.17, 15) is 32.6 Å². The summed E-state index contributed by atoms with van der Waals surface area (Å²) in [4.78, 5) is 12.6. The van der Waals surface area contributed by atoms with Crippen molar-refractivity contribution in [1.29, 1.82) is 0 Å². The first-order chi connectivity index (χ1) is 14.2. The summed E-state index contributed by atoms with van der Waals surface area (Å²) in [5.41, 5.74) is -0.400. The SMILES string of the molecule is COc1c(O)c(F)cc(/C=C2\CC/C(=C\c3cc(F)c(O)c(OC)c3F)C2=O)c1F. The van der Waals surface area contributed by atoms with Crippen LogP contribution in [0.4, 0.5) is 17.6 Å². The number of carbonyl (C=O) groups is 1. The van der Waals surface area contributed by atoms with Crippen LogP contribution in [0, 0.1) is 23.3 Å². The first-order valence-electron chi connectivity index (χ1n) is 8.65. The van der Waals surface area contributed by atoms with E-state index in [1.54, 1.807) is 0 Å². The molecule has 2 N–H and O–H groups in total. The van der Waals surface area contributed by atoms with Gasteiger partial charge in [-0.2, -0.15) is 0 Å². The Hall–Kier alpha value is -3.49. The fourth-order valence-corrected chi connectivity index (χ4v) is 3.16. The van der Waals surface area contributed by atoms with Gasteiger partial charge in [-0.25, -0.2) is 17.6 Å². The number of ketones is 1. The maximum absolute atomic E-state index is 14.4. The monoisotopic (exact) mass is 424 g/mol. The van der Waals surface area contributed by atoms with Crippen molar-refractivity contribution in [1.82, 2.24) is 0 Å². The molecule has 158 valence electrons. The number of allylic oxidation sites excluding steroid dienone is 2.